The van der Waals surface area contributed by atoms with Gasteiger partial charge in [0.05, 0.1) is 36.5 Å². The first-order chi connectivity index (χ1) is 11.0. The Morgan fingerprint density at radius 3 is 2.91 bits per heavy atom. The number of furan rings is 1. The molecule has 0 unspecified atom stereocenters. The zero-order valence-corrected chi connectivity index (χ0v) is 13.4. The maximum absolute atomic E-state index is 12.4. The van der Waals surface area contributed by atoms with E-state index in [1.54, 1.807) is 12.1 Å². The number of halogens is 2. The Labute approximate surface area is 141 Å². The number of hydrogen-bond acceptors (Lipinski definition) is 5. The van der Waals surface area contributed by atoms with Crippen LogP contribution in [0.1, 0.15) is 12.2 Å². The van der Waals surface area contributed by atoms with Crippen molar-refractivity contribution in [1.29, 1.82) is 5.26 Å². The Balaban J connectivity index is 2.16. The smallest absolute Gasteiger partial charge is 0.287 e. The van der Waals surface area contributed by atoms with Crippen molar-refractivity contribution in [2.24, 2.45) is 0 Å². The molecule has 2 aromatic heterocycles. The molecule has 1 amide bonds. The number of rotatable bonds is 6. The van der Waals surface area contributed by atoms with Crippen molar-refractivity contribution in [2.75, 3.05) is 6.54 Å². The van der Waals surface area contributed by atoms with Crippen molar-refractivity contribution in [3.05, 3.63) is 50.8 Å². The van der Waals surface area contributed by atoms with E-state index in [2.05, 4.69) is 5.10 Å². The molecule has 23 heavy (non-hydrogen) atoms. The van der Waals surface area contributed by atoms with Gasteiger partial charge in [0.2, 0.25) is 5.91 Å². The molecule has 7 nitrogen and oxygen atoms in total. The predicted molar refractivity (Wildman–Crippen MR) is 82.9 cm³/mol. The Morgan fingerprint density at radius 2 is 2.26 bits per heavy atom. The number of nitriles is 1. The van der Waals surface area contributed by atoms with Gasteiger partial charge in [-0.25, -0.2) is 4.68 Å². The molecule has 0 saturated heterocycles. The van der Waals surface area contributed by atoms with E-state index in [-0.39, 0.29) is 42.0 Å². The maximum atomic E-state index is 12.4. The standard InChI is InChI=1S/C14H12Cl2N4O3/c15-11-7-18-20(14(22)13(11)16)9-12(21)19(5-2-4-17)8-10-3-1-6-23-10/h1,3,6-7H,2,5,8-9H2. The molecule has 2 aromatic rings. The summed E-state index contributed by atoms with van der Waals surface area (Å²) in [6.07, 6.45) is 2.86. The first-order valence-electron chi connectivity index (χ1n) is 6.61. The minimum atomic E-state index is -0.647. The van der Waals surface area contributed by atoms with Gasteiger partial charge in [-0.3, -0.25) is 9.59 Å². The highest BCUT2D eigenvalue weighted by Gasteiger charge is 2.18. The van der Waals surface area contributed by atoms with Crippen molar-refractivity contribution in [3.8, 4) is 6.07 Å². The number of hydrogen-bond donors (Lipinski definition) is 0. The van der Waals surface area contributed by atoms with E-state index in [4.69, 9.17) is 32.9 Å². The summed E-state index contributed by atoms with van der Waals surface area (Å²) in [4.78, 5) is 25.7. The summed E-state index contributed by atoms with van der Waals surface area (Å²) in [6, 6.07) is 5.40. The Bertz CT molecular complexity index is 780. The highest BCUT2D eigenvalue weighted by atomic mass is 35.5. The molecule has 2 rings (SSSR count). The number of carbonyl (C=O) groups excluding carboxylic acids is 1. The molecule has 0 aliphatic rings. The van der Waals surface area contributed by atoms with E-state index in [0.717, 1.165) is 4.68 Å². The first-order valence-corrected chi connectivity index (χ1v) is 7.36. The van der Waals surface area contributed by atoms with Gasteiger partial charge in [-0.05, 0) is 12.1 Å². The van der Waals surface area contributed by atoms with Crippen LogP contribution in [0.15, 0.2) is 33.8 Å². The third-order valence-electron chi connectivity index (χ3n) is 3.00. The molecule has 9 heteroatoms. The van der Waals surface area contributed by atoms with Gasteiger partial charge in [-0.1, -0.05) is 23.2 Å². The highest BCUT2D eigenvalue weighted by Crippen LogP contribution is 2.14. The van der Waals surface area contributed by atoms with Crippen LogP contribution in [-0.4, -0.2) is 27.1 Å². The number of aromatic nitrogens is 2. The topological polar surface area (TPSA) is 92.1 Å². The predicted octanol–water partition coefficient (Wildman–Crippen LogP) is 2.09. The van der Waals surface area contributed by atoms with Crippen LogP contribution < -0.4 is 5.56 Å². The molecule has 0 saturated carbocycles. The van der Waals surface area contributed by atoms with E-state index in [1.807, 2.05) is 6.07 Å². The van der Waals surface area contributed by atoms with Crippen molar-refractivity contribution in [1.82, 2.24) is 14.7 Å². The second kappa shape index (κ2) is 7.81. The van der Waals surface area contributed by atoms with Crippen molar-refractivity contribution < 1.29 is 9.21 Å². The Kier molecular flexibility index (Phi) is 5.79. The lowest BCUT2D eigenvalue weighted by atomic mass is 10.3. The summed E-state index contributed by atoms with van der Waals surface area (Å²) in [5.41, 5.74) is -0.647. The lowest BCUT2D eigenvalue weighted by molar-refractivity contribution is -0.132. The molecular weight excluding hydrogens is 343 g/mol. The SMILES string of the molecule is N#CCCN(Cc1ccco1)C(=O)Cn1ncc(Cl)c(Cl)c1=O. The second-order valence-electron chi connectivity index (χ2n) is 4.57. The number of carbonyl (C=O) groups is 1. The molecule has 0 bridgehead atoms. The summed E-state index contributed by atoms with van der Waals surface area (Å²) in [5, 5.41) is 12.3. The van der Waals surface area contributed by atoms with E-state index < -0.39 is 5.56 Å². The lowest BCUT2D eigenvalue weighted by Crippen LogP contribution is -2.37. The molecule has 0 radical (unpaired) electrons. The quantitative estimate of drug-likeness (QED) is 0.791. The summed E-state index contributed by atoms with van der Waals surface area (Å²) in [6.45, 7) is 0.109. The summed E-state index contributed by atoms with van der Waals surface area (Å²) in [5.74, 6) is 0.190. The number of nitrogens with zero attached hydrogens (tertiary/aromatic N) is 4. The van der Waals surface area contributed by atoms with Crippen molar-refractivity contribution in [2.45, 2.75) is 19.5 Å². The van der Waals surface area contributed by atoms with Gasteiger partial charge in [0.1, 0.15) is 17.3 Å². The van der Waals surface area contributed by atoms with E-state index >= 15 is 0 Å². The summed E-state index contributed by atoms with van der Waals surface area (Å²) < 4.78 is 6.13. The van der Waals surface area contributed by atoms with E-state index in [1.165, 1.54) is 17.4 Å². The fraction of sp³-hybridized carbons (Fsp3) is 0.286. The van der Waals surface area contributed by atoms with Gasteiger partial charge < -0.3 is 9.32 Å². The molecular formula is C14H12Cl2N4O3. The Morgan fingerprint density at radius 1 is 1.48 bits per heavy atom. The molecule has 0 atom stereocenters. The van der Waals surface area contributed by atoms with Crippen LogP contribution in [0.2, 0.25) is 10.0 Å². The normalized spacial score (nSPS) is 10.3. The van der Waals surface area contributed by atoms with Gasteiger partial charge >= 0.3 is 0 Å². The fourth-order valence-corrected chi connectivity index (χ4v) is 2.12. The van der Waals surface area contributed by atoms with Crippen LogP contribution in [0.25, 0.3) is 0 Å². The van der Waals surface area contributed by atoms with Gasteiger partial charge in [-0.2, -0.15) is 10.4 Å². The molecule has 2 heterocycles. The molecule has 0 spiro atoms. The molecule has 0 aliphatic carbocycles. The largest absolute Gasteiger partial charge is 0.467 e. The fourth-order valence-electron chi connectivity index (χ4n) is 1.85. The Hall–Kier alpha value is -2.30. The summed E-state index contributed by atoms with van der Waals surface area (Å²) in [7, 11) is 0. The van der Waals surface area contributed by atoms with Crippen LogP contribution in [0.4, 0.5) is 0 Å². The average molecular weight is 355 g/mol. The maximum Gasteiger partial charge on any atom is 0.287 e. The van der Waals surface area contributed by atoms with Crippen molar-refractivity contribution in [3.63, 3.8) is 0 Å². The van der Waals surface area contributed by atoms with E-state index in [0.29, 0.717) is 5.76 Å². The van der Waals surface area contributed by atoms with Crippen LogP contribution in [0, 0.1) is 11.3 Å². The molecule has 0 aliphatic heterocycles. The van der Waals surface area contributed by atoms with Gasteiger partial charge in [0.25, 0.3) is 5.56 Å². The lowest BCUT2D eigenvalue weighted by Gasteiger charge is -2.20. The van der Waals surface area contributed by atoms with Gasteiger partial charge in [-0.15, -0.1) is 0 Å². The van der Waals surface area contributed by atoms with Gasteiger partial charge in [0, 0.05) is 6.54 Å². The van der Waals surface area contributed by atoms with Crippen molar-refractivity contribution >= 4 is 29.1 Å². The zero-order chi connectivity index (χ0) is 16.8. The zero-order valence-electron chi connectivity index (χ0n) is 11.9. The summed E-state index contributed by atoms with van der Waals surface area (Å²) >= 11 is 11.5. The minimum Gasteiger partial charge on any atom is -0.467 e. The van der Waals surface area contributed by atoms with Crippen LogP contribution in [0.5, 0.6) is 0 Å². The molecule has 120 valence electrons. The number of amides is 1. The molecule has 0 N–H and O–H groups in total. The van der Waals surface area contributed by atoms with Gasteiger partial charge in [0.15, 0.2) is 0 Å². The third kappa shape index (κ3) is 4.34. The van der Waals surface area contributed by atoms with E-state index in [9.17, 15) is 9.59 Å². The monoisotopic (exact) mass is 354 g/mol. The second-order valence-corrected chi connectivity index (χ2v) is 5.36. The molecule has 0 aromatic carbocycles. The van der Waals surface area contributed by atoms with Crippen LogP contribution >= 0.6 is 23.2 Å². The third-order valence-corrected chi connectivity index (χ3v) is 3.75. The molecule has 0 fully saturated rings. The highest BCUT2D eigenvalue weighted by molar-refractivity contribution is 6.41. The average Bonchev–Trinajstić information content (AvgIpc) is 3.05. The van der Waals surface area contributed by atoms with Crippen LogP contribution in [0.3, 0.4) is 0 Å². The minimum absolute atomic E-state index is 0.0253. The van der Waals surface area contributed by atoms with Crippen LogP contribution in [-0.2, 0) is 17.9 Å². The first kappa shape index (κ1) is 17.1.